The van der Waals surface area contributed by atoms with Crippen molar-refractivity contribution in [2.75, 3.05) is 18.8 Å². The van der Waals surface area contributed by atoms with Crippen molar-refractivity contribution >= 4 is 34.7 Å². The maximum Gasteiger partial charge on any atom is 0.313 e. The van der Waals surface area contributed by atoms with Crippen LogP contribution in [0.15, 0.2) is 29.4 Å². The number of carbonyl (C=O) groups is 2. The second-order valence-electron chi connectivity index (χ2n) is 6.90. The van der Waals surface area contributed by atoms with Crippen LogP contribution in [-0.2, 0) is 16.1 Å². The first kappa shape index (κ1) is 17.8. The smallest absolute Gasteiger partial charge is 0.313 e. The van der Waals surface area contributed by atoms with Crippen LogP contribution in [0.2, 0.25) is 0 Å². The molecule has 1 fully saturated rings. The highest BCUT2D eigenvalue weighted by molar-refractivity contribution is 7.99. The third-order valence-electron chi connectivity index (χ3n) is 4.46. The number of carboxylic acid groups (broad SMARTS) is 1. The van der Waals surface area contributed by atoms with E-state index >= 15 is 0 Å². The number of imidazole rings is 1. The molecule has 2 aromatic rings. The number of aliphatic carboxylic acids is 1. The van der Waals surface area contributed by atoms with Crippen LogP contribution in [0.4, 0.5) is 0 Å². The normalized spacial score (nSPS) is 20.8. The topological polar surface area (TPSA) is 75.4 Å². The van der Waals surface area contributed by atoms with E-state index in [9.17, 15) is 9.59 Å². The maximum atomic E-state index is 12.8. The predicted molar refractivity (Wildman–Crippen MR) is 97.6 cm³/mol. The van der Waals surface area contributed by atoms with Gasteiger partial charge in [0.25, 0.3) is 0 Å². The molecule has 0 radical (unpaired) electrons. The monoisotopic (exact) mass is 361 g/mol. The van der Waals surface area contributed by atoms with Gasteiger partial charge >= 0.3 is 5.97 Å². The summed E-state index contributed by atoms with van der Waals surface area (Å²) < 4.78 is 1.84. The number of hydrogen-bond donors (Lipinski definition) is 1. The number of rotatable bonds is 5. The van der Waals surface area contributed by atoms with E-state index in [1.54, 1.807) is 0 Å². The molecule has 0 bridgehead atoms. The van der Waals surface area contributed by atoms with Crippen molar-refractivity contribution < 1.29 is 14.7 Å². The number of thioether (sulfide) groups is 1. The molecule has 134 valence electrons. The summed E-state index contributed by atoms with van der Waals surface area (Å²) in [6, 6.07) is 7.59. The summed E-state index contributed by atoms with van der Waals surface area (Å²) in [5.41, 5.74) is 1.64. The molecule has 1 aliphatic rings. The molecule has 1 aromatic heterocycles. The Labute approximate surface area is 151 Å². The summed E-state index contributed by atoms with van der Waals surface area (Å²) in [5.74, 6) is 0.114. The van der Waals surface area contributed by atoms with Gasteiger partial charge in [-0.3, -0.25) is 9.59 Å². The number of fused-ring (bicyclic) bond motifs is 1. The minimum Gasteiger partial charge on any atom is -0.481 e. The van der Waals surface area contributed by atoms with Crippen molar-refractivity contribution in [1.82, 2.24) is 14.5 Å². The van der Waals surface area contributed by atoms with E-state index in [1.165, 1.54) is 0 Å². The highest BCUT2D eigenvalue weighted by atomic mass is 32.2. The molecule has 2 unspecified atom stereocenters. The van der Waals surface area contributed by atoms with E-state index in [-0.39, 0.29) is 18.2 Å². The van der Waals surface area contributed by atoms with Crippen molar-refractivity contribution in [2.45, 2.75) is 32.0 Å². The van der Waals surface area contributed by atoms with Gasteiger partial charge in [0, 0.05) is 13.1 Å². The molecule has 1 saturated heterocycles. The van der Waals surface area contributed by atoms with E-state index in [1.807, 2.05) is 33.7 Å². The lowest BCUT2D eigenvalue weighted by Crippen LogP contribution is -2.44. The van der Waals surface area contributed by atoms with Gasteiger partial charge in [-0.15, -0.1) is 0 Å². The molecule has 2 atom stereocenters. The van der Waals surface area contributed by atoms with Crippen LogP contribution in [0.1, 0.15) is 20.3 Å². The second kappa shape index (κ2) is 7.47. The largest absolute Gasteiger partial charge is 0.481 e. The lowest BCUT2D eigenvalue weighted by Gasteiger charge is -2.35. The Balaban J connectivity index is 1.84. The van der Waals surface area contributed by atoms with Crippen LogP contribution in [0.25, 0.3) is 11.0 Å². The molecule has 7 heteroatoms. The molecule has 1 N–H and O–H groups in total. The third-order valence-corrected chi connectivity index (χ3v) is 5.42. The van der Waals surface area contributed by atoms with Gasteiger partial charge in [-0.25, -0.2) is 4.98 Å². The Bertz CT molecular complexity index is 779. The zero-order valence-corrected chi connectivity index (χ0v) is 15.3. The number of para-hydroxylation sites is 2. The first-order valence-electron chi connectivity index (χ1n) is 8.51. The van der Waals surface area contributed by atoms with Crippen molar-refractivity contribution in [1.29, 1.82) is 0 Å². The molecule has 0 saturated carbocycles. The maximum absolute atomic E-state index is 12.8. The third kappa shape index (κ3) is 4.15. The van der Waals surface area contributed by atoms with Crippen LogP contribution < -0.4 is 0 Å². The number of carboxylic acids is 1. The molecule has 0 aliphatic carbocycles. The Morgan fingerprint density at radius 2 is 1.92 bits per heavy atom. The molecule has 6 nitrogen and oxygen atoms in total. The van der Waals surface area contributed by atoms with E-state index in [2.05, 4.69) is 18.8 Å². The van der Waals surface area contributed by atoms with E-state index in [0.717, 1.165) is 42.3 Å². The molecular weight excluding hydrogens is 338 g/mol. The first-order valence-corrected chi connectivity index (χ1v) is 9.50. The number of piperidine rings is 1. The van der Waals surface area contributed by atoms with Gasteiger partial charge < -0.3 is 14.6 Å². The van der Waals surface area contributed by atoms with Crippen LogP contribution in [0, 0.1) is 11.8 Å². The fourth-order valence-electron chi connectivity index (χ4n) is 3.54. The quantitative estimate of drug-likeness (QED) is 0.829. The van der Waals surface area contributed by atoms with Crippen LogP contribution in [0.3, 0.4) is 0 Å². The zero-order valence-electron chi connectivity index (χ0n) is 14.5. The van der Waals surface area contributed by atoms with Gasteiger partial charge in [-0.2, -0.15) is 0 Å². The second-order valence-corrected chi connectivity index (χ2v) is 7.84. The van der Waals surface area contributed by atoms with E-state index < -0.39 is 5.97 Å². The molecule has 1 aliphatic heterocycles. The molecule has 2 heterocycles. The van der Waals surface area contributed by atoms with Gasteiger partial charge in [0.2, 0.25) is 5.91 Å². The average molecular weight is 361 g/mol. The Morgan fingerprint density at radius 1 is 1.24 bits per heavy atom. The highest BCUT2D eigenvalue weighted by Crippen LogP contribution is 2.25. The molecular formula is C18H23N3O3S. The summed E-state index contributed by atoms with van der Waals surface area (Å²) in [4.78, 5) is 30.2. The van der Waals surface area contributed by atoms with Gasteiger partial charge in [0.15, 0.2) is 5.16 Å². The van der Waals surface area contributed by atoms with Gasteiger partial charge in [0.05, 0.1) is 16.8 Å². The summed E-state index contributed by atoms with van der Waals surface area (Å²) in [6.45, 7) is 6.12. The lowest BCUT2D eigenvalue weighted by molar-refractivity contribution is -0.135. The predicted octanol–water partition coefficient (Wildman–Crippen LogP) is 2.72. The van der Waals surface area contributed by atoms with Crippen molar-refractivity contribution in [2.24, 2.45) is 11.8 Å². The number of likely N-dealkylation sites (tertiary alicyclic amines) is 1. The molecule has 3 rings (SSSR count). The first-order chi connectivity index (χ1) is 11.9. The van der Waals surface area contributed by atoms with Crippen LogP contribution in [-0.4, -0.2) is 50.3 Å². The summed E-state index contributed by atoms with van der Waals surface area (Å²) >= 11 is 1.15. The lowest BCUT2D eigenvalue weighted by atomic mass is 9.92. The Kier molecular flexibility index (Phi) is 5.32. The van der Waals surface area contributed by atoms with E-state index in [0.29, 0.717) is 17.0 Å². The number of benzene rings is 1. The van der Waals surface area contributed by atoms with E-state index in [4.69, 9.17) is 5.11 Å². The Hall–Kier alpha value is -2.02. The number of carbonyl (C=O) groups excluding carboxylic acids is 1. The minimum absolute atomic E-state index is 0.0683. The van der Waals surface area contributed by atoms with Gasteiger partial charge in [-0.05, 0) is 30.4 Å². The molecule has 0 spiro atoms. The molecule has 1 amide bonds. The summed E-state index contributed by atoms with van der Waals surface area (Å²) in [5, 5.41) is 9.53. The van der Waals surface area contributed by atoms with Crippen molar-refractivity contribution in [3.05, 3.63) is 24.3 Å². The average Bonchev–Trinajstić information content (AvgIpc) is 2.90. The zero-order chi connectivity index (χ0) is 18.0. The van der Waals surface area contributed by atoms with Crippen LogP contribution in [0.5, 0.6) is 0 Å². The van der Waals surface area contributed by atoms with Crippen molar-refractivity contribution in [3.63, 3.8) is 0 Å². The standard InChI is InChI=1S/C18H23N3O3S/c1-12-7-13(2)9-20(8-12)16(22)10-21-15-6-4-3-5-14(15)19-18(21)25-11-17(23)24/h3-6,12-13H,7-11H2,1-2H3,(H,23,24). The fourth-order valence-corrected chi connectivity index (χ4v) is 4.28. The minimum atomic E-state index is -0.895. The number of aromatic nitrogens is 2. The van der Waals surface area contributed by atoms with Crippen LogP contribution >= 0.6 is 11.8 Å². The summed E-state index contributed by atoms with van der Waals surface area (Å²) in [7, 11) is 0. The SMILES string of the molecule is CC1CC(C)CN(C(=O)Cn2c(SCC(=O)O)nc3ccccc32)C1. The highest BCUT2D eigenvalue weighted by Gasteiger charge is 2.26. The van der Waals surface area contributed by atoms with Gasteiger partial charge in [0.1, 0.15) is 6.54 Å². The van der Waals surface area contributed by atoms with Gasteiger partial charge in [-0.1, -0.05) is 37.7 Å². The molecule has 1 aromatic carbocycles. The molecule has 25 heavy (non-hydrogen) atoms. The number of nitrogens with zero attached hydrogens (tertiary/aromatic N) is 3. The summed E-state index contributed by atoms with van der Waals surface area (Å²) in [6.07, 6.45) is 1.15. The number of amides is 1. The Morgan fingerprint density at radius 3 is 2.60 bits per heavy atom. The van der Waals surface area contributed by atoms with Crippen molar-refractivity contribution in [3.8, 4) is 0 Å². The number of hydrogen-bond acceptors (Lipinski definition) is 4. The fraction of sp³-hybridized carbons (Fsp3) is 0.500.